The first-order chi connectivity index (χ1) is 30.2. The van der Waals surface area contributed by atoms with E-state index in [2.05, 4.69) is 248 Å². The number of para-hydroxylation sites is 2. The molecule has 0 spiro atoms. The lowest BCUT2D eigenvalue weighted by molar-refractivity contribution is 0.961. The van der Waals surface area contributed by atoms with Crippen LogP contribution in [0.1, 0.15) is 32.9 Å². The van der Waals surface area contributed by atoms with Crippen molar-refractivity contribution in [1.29, 1.82) is 0 Å². The number of fused-ring (bicyclic) bond motifs is 3. The number of aryl methyl sites for hydroxylation is 1. The third kappa shape index (κ3) is 7.77. The number of anilines is 3. The van der Waals surface area contributed by atoms with Crippen LogP contribution < -0.4 is 4.90 Å². The molecule has 1 heterocycles. The maximum atomic E-state index is 2.39. The Kier molecular flexibility index (Phi) is 11.4. The van der Waals surface area contributed by atoms with Crippen LogP contribution in [0, 0.1) is 0 Å². The molecule has 0 N–H and O–H groups in total. The van der Waals surface area contributed by atoms with Crippen LogP contribution in [0.4, 0.5) is 17.1 Å². The van der Waals surface area contributed by atoms with E-state index in [1.54, 1.807) is 0 Å². The van der Waals surface area contributed by atoms with Crippen molar-refractivity contribution < 1.29 is 0 Å². The Morgan fingerprint density at radius 1 is 0.426 bits per heavy atom. The molecule has 0 saturated heterocycles. The van der Waals surface area contributed by atoms with Gasteiger partial charge in [-0.3, -0.25) is 0 Å². The smallest absolute Gasteiger partial charge is 0.0532 e. The van der Waals surface area contributed by atoms with Crippen LogP contribution in [0.25, 0.3) is 71.5 Å². The van der Waals surface area contributed by atoms with E-state index in [1.807, 2.05) is 6.92 Å². The highest BCUT2D eigenvalue weighted by atomic mass is 15.1. The Balaban J connectivity index is 0.000000902. The van der Waals surface area contributed by atoms with E-state index in [0.29, 0.717) is 0 Å². The summed E-state index contributed by atoms with van der Waals surface area (Å²) >= 11 is 0. The van der Waals surface area contributed by atoms with Crippen molar-refractivity contribution in [2.45, 2.75) is 33.6 Å². The highest BCUT2D eigenvalue weighted by Crippen LogP contribution is 2.44. The quantitative estimate of drug-likeness (QED) is 0.104. The van der Waals surface area contributed by atoms with Crippen molar-refractivity contribution in [3.05, 3.63) is 230 Å². The van der Waals surface area contributed by atoms with Crippen molar-refractivity contribution in [2.75, 3.05) is 4.90 Å². The molecule has 0 aliphatic heterocycles. The molecule has 296 valence electrons. The van der Waals surface area contributed by atoms with E-state index in [0.717, 1.165) is 29.9 Å². The average Bonchev–Trinajstić information content (AvgIpc) is 3.71. The average molecular weight is 787 g/mol. The number of hydrogen-bond donors (Lipinski definition) is 0. The second-order valence-corrected chi connectivity index (χ2v) is 15.4. The van der Waals surface area contributed by atoms with Crippen molar-refractivity contribution in [2.24, 2.45) is 0 Å². The molecule has 0 aliphatic carbocycles. The summed E-state index contributed by atoms with van der Waals surface area (Å²) in [5, 5.41) is 6.31. The van der Waals surface area contributed by atoms with Crippen molar-refractivity contribution in [3.63, 3.8) is 0 Å². The largest absolute Gasteiger partial charge is 0.314 e. The Morgan fingerprint density at radius 2 is 0.869 bits per heavy atom. The van der Waals surface area contributed by atoms with Gasteiger partial charge in [0, 0.05) is 33.8 Å². The van der Waals surface area contributed by atoms with E-state index in [-0.39, 0.29) is 0 Å². The second kappa shape index (κ2) is 17.8. The number of rotatable bonds is 9. The van der Waals surface area contributed by atoms with Gasteiger partial charge in [0.15, 0.2) is 0 Å². The monoisotopic (exact) mass is 786 g/mol. The zero-order chi connectivity index (χ0) is 41.5. The predicted molar refractivity (Wildman–Crippen MR) is 264 cm³/mol. The van der Waals surface area contributed by atoms with Gasteiger partial charge < -0.3 is 9.47 Å². The second-order valence-electron chi connectivity index (χ2n) is 15.4. The Hall–Kier alpha value is -7.42. The summed E-state index contributed by atoms with van der Waals surface area (Å²) in [5.41, 5.74) is 14.5. The fourth-order valence-corrected chi connectivity index (χ4v) is 8.79. The molecular weight excluding hydrogens is 737 g/mol. The summed E-state index contributed by atoms with van der Waals surface area (Å²) < 4.78 is 2.39. The summed E-state index contributed by atoms with van der Waals surface area (Å²) in [4.78, 5) is 2.35. The fourth-order valence-electron chi connectivity index (χ4n) is 8.79. The van der Waals surface area contributed by atoms with Crippen LogP contribution in [-0.4, -0.2) is 4.57 Å². The molecule has 0 bridgehead atoms. The van der Waals surface area contributed by atoms with Gasteiger partial charge in [-0.05, 0) is 135 Å². The highest BCUT2D eigenvalue weighted by Gasteiger charge is 2.18. The first kappa shape index (κ1) is 39.1. The fraction of sp³-hybridized carbons (Fsp3) is 0.0847. The van der Waals surface area contributed by atoms with Crippen LogP contribution in [0.5, 0.6) is 0 Å². The Morgan fingerprint density at radius 3 is 1.38 bits per heavy atom. The summed E-state index contributed by atoms with van der Waals surface area (Å²) in [6.07, 6.45) is 6.30. The highest BCUT2D eigenvalue weighted by molar-refractivity contribution is 6.21. The number of aromatic nitrogens is 1. The van der Waals surface area contributed by atoms with E-state index in [1.165, 1.54) is 77.2 Å². The van der Waals surface area contributed by atoms with Gasteiger partial charge >= 0.3 is 0 Å². The molecule has 10 rings (SSSR count). The van der Waals surface area contributed by atoms with Crippen molar-refractivity contribution >= 4 is 49.5 Å². The number of allylic oxidation sites excluding steroid dienone is 2. The molecule has 0 atom stereocenters. The summed E-state index contributed by atoms with van der Waals surface area (Å²) in [5.74, 6) is 0. The van der Waals surface area contributed by atoms with Gasteiger partial charge in [-0.25, -0.2) is 0 Å². The van der Waals surface area contributed by atoms with Gasteiger partial charge in [0.25, 0.3) is 0 Å². The lowest BCUT2D eigenvalue weighted by Crippen LogP contribution is -2.09. The maximum Gasteiger partial charge on any atom is 0.0532 e. The topological polar surface area (TPSA) is 8.17 Å². The lowest BCUT2D eigenvalue weighted by atomic mass is 9.86. The van der Waals surface area contributed by atoms with Gasteiger partial charge in [-0.1, -0.05) is 178 Å². The van der Waals surface area contributed by atoms with Crippen LogP contribution in [-0.2, 0) is 6.42 Å². The minimum atomic E-state index is 0.956. The molecule has 1 aromatic heterocycles. The van der Waals surface area contributed by atoms with E-state index in [9.17, 15) is 0 Å². The molecular formula is C59H50N2. The van der Waals surface area contributed by atoms with Crippen molar-refractivity contribution in [1.82, 2.24) is 4.57 Å². The summed E-state index contributed by atoms with van der Waals surface area (Å²) in [7, 11) is 0. The Labute approximate surface area is 360 Å². The lowest BCUT2D eigenvalue weighted by Gasteiger charge is -2.26. The molecule has 2 heteroatoms. The molecule has 10 aromatic rings. The molecule has 0 radical (unpaired) electrons. The molecule has 0 fully saturated rings. The zero-order valence-corrected chi connectivity index (χ0v) is 35.2. The molecule has 0 amide bonds. The minimum Gasteiger partial charge on any atom is -0.314 e. The van der Waals surface area contributed by atoms with E-state index >= 15 is 0 Å². The van der Waals surface area contributed by atoms with Crippen molar-refractivity contribution in [3.8, 4) is 39.1 Å². The van der Waals surface area contributed by atoms with Gasteiger partial charge in [-0.15, -0.1) is 0 Å². The molecule has 61 heavy (non-hydrogen) atoms. The minimum absolute atomic E-state index is 0.956. The Bertz CT molecular complexity index is 3010. The first-order valence-electron chi connectivity index (χ1n) is 21.5. The van der Waals surface area contributed by atoms with E-state index in [4.69, 9.17) is 0 Å². The third-order valence-electron chi connectivity index (χ3n) is 11.6. The molecule has 0 aliphatic rings. The predicted octanol–water partition coefficient (Wildman–Crippen LogP) is 16.9. The standard InChI is InChI=1S/C54H40N2.C5H10/c1-2-43-36-42-37-47(34-35-52(42)56(43)45-20-10-5-11-21-45)55(44-18-8-4-9-19-44)46-32-30-39(31-33-46)38-26-28-41(29-27-38)54-50-24-14-12-22-48(50)53(40-16-6-3-7-17-40)49-23-13-15-25-51(49)54;1-3-5-4-2/h3-37H,2H2,1H3;3,5H,4H2,1-2H3/b;5-3-. The van der Waals surface area contributed by atoms with Gasteiger partial charge in [0.2, 0.25) is 0 Å². The SMILES string of the molecule is C/C=C\CC.CCc1cc2cc(N(c3ccccc3)c3ccc(-c4ccc(-c5c6ccccc6c(-c6ccccc6)c6ccccc56)cc4)cc3)ccc2n1-c1ccccc1. The van der Waals surface area contributed by atoms with Gasteiger partial charge in [0.05, 0.1) is 5.52 Å². The van der Waals surface area contributed by atoms with Crippen LogP contribution in [0.3, 0.4) is 0 Å². The number of hydrogen-bond acceptors (Lipinski definition) is 1. The molecule has 2 nitrogen and oxygen atoms in total. The maximum absolute atomic E-state index is 2.39. The molecule has 0 saturated carbocycles. The van der Waals surface area contributed by atoms with Crippen LogP contribution >= 0.6 is 0 Å². The summed E-state index contributed by atoms with van der Waals surface area (Å²) in [6, 6.07) is 77.1. The molecule has 9 aromatic carbocycles. The zero-order valence-electron chi connectivity index (χ0n) is 35.2. The van der Waals surface area contributed by atoms with E-state index < -0.39 is 0 Å². The number of nitrogens with zero attached hydrogens (tertiary/aromatic N) is 2. The molecule has 0 unspecified atom stereocenters. The van der Waals surface area contributed by atoms with Crippen LogP contribution in [0.15, 0.2) is 224 Å². The van der Waals surface area contributed by atoms with Crippen LogP contribution in [0.2, 0.25) is 0 Å². The van der Waals surface area contributed by atoms with Gasteiger partial charge in [0.1, 0.15) is 0 Å². The normalized spacial score (nSPS) is 11.3. The first-order valence-corrected chi connectivity index (χ1v) is 21.5. The summed E-state index contributed by atoms with van der Waals surface area (Å²) in [6.45, 7) is 6.39. The number of benzene rings is 9. The third-order valence-corrected chi connectivity index (χ3v) is 11.6. The van der Waals surface area contributed by atoms with Gasteiger partial charge in [-0.2, -0.15) is 0 Å².